The van der Waals surface area contributed by atoms with E-state index in [-0.39, 0.29) is 18.6 Å². The van der Waals surface area contributed by atoms with Crippen molar-refractivity contribution < 1.29 is 5.11 Å². The van der Waals surface area contributed by atoms with Gasteiger partial charge < -0.3 is 15.0 Å². The van der Waals surface area contributed by atoms with Gasteiger partial charge in [0.2, 0.25) is 5.82 Å². The number of hydrogen-bond acceptors (Lipinski definition) is 6. The maximum atomic E-state index is 9.63. The van der Waals surface area contributed by atoms with Crippen LogP contribution in [0.25, 0.3) is 28.4 Å². The molecule has 180 valence electrons. The molecule has 0 spiro atoms. The minimum atomic E-state index is 0.237. The van der Waals surface area contributed by atoms with Crippen molar-refractivity contribution in [2.45, 2.75) is 65.0 Å². The van der Waals surface area contributed by atoms with Crippen molar-refractivity contribution in [1.82, 2.24) is 33.9 Å². The molecule has 9 heteroatoms. The second kappa shape index (κ2) is 8.87. The molecule has 0 radical (unpaired) electrons. The van der Waals surface area contributed by atoms with E-state index in [2.05, 4.69) is 50.3 Å². The second-order valence-electron chi connectivity index (χ2n) is 10.0. The van der Waals surface area contributed by atoms with E-state index in [1.165, 1.54) is 5.56 Å². The van der Waals surface area contributed by atoms with Crippen molar-refractivity contribution in [2.24, 2.45) is 13.0 Å². The van der Waals surface area contributed by atoms with Gasteiger partial charge in [0.25, 0.3) is 0 Å². The van der Waals surface area contributed by atoms with E-state index >= 15 is 0 Å². The highest BCUT2D eigenvalue weighted by atomic mass is 16.3. The van der Waals surface area contributed by atoms with Crippen LogP contribution in [-0.2, 0) is 7.05 Å². The zero-order valence-corrected chi connectivity index (χ0v) is 20.6. The molecule has 0 aliphatic heterocycles. The summed E-state index contributed by atoms with van der Waals surface area (Å²) in [6.45, 7) is 8.90. The molecular weight excluding hydrogens is 428 g/mol. The minimum Gasteiger partial charge on any atom is -0.396 e. The standard InChI is InChI=1S/C25H34N8O/c1-15(2)21-19(20-8-10-32(29-20)16(3)4)13-33-22(21)23(27-18-7-6-17(12-18)14-34)28-24(30-33)25-26-9-11-31(25)5/h8-11,13,15-18,34H,6-7,12,14H2,1-5H3,(H,27,28,30)/t17-,18+/m0/s1. The SMILES string of the molecule is CC(C)c1c(-c2ccn(C(C)C)n2)cn2nc(-c3nccn3C)nc(N[C@@H]3CC[C@H](CO)C3)c12. The lowest BCUT2D eigenvalue weighted by Crippen LogP contribution is -2.19. The summed E-state index contributed by atoms with van der Waals surface area (Å²) in [6, 6.07) is 2.63. The van der Waals surface area contributed by atoms with Gasteiger partial charge in [-0.05, 0) is 56.6 Å². The van der Waals surface area contributed by atoms with Gasteiger partial charge >= 0.3 is 0 Å². The summed E-state index contributed by atoms with van der Waals surface area (Å²) in [4.78, 5) is 9.47. The quantitative estimate of drug-likeness (QED) is 0.426. The highest BCUT2D eigenvalue weighted by Gasteiger charge is 2.28. The van der Waals surface area contributed by atoms with E-state index < -0.39 is 0 Å². The normalized spacial score (nSPS) is 18.6. The average molecular weight is 463 g/mol. The summed E-state index contributed by atoms with van der Waals surface area (Å²) in [5.74, 6) is 2.70. The molecule has 0 unspecified atom stereocenters. The third-order valence-corrected chi connectivity index (χ3v) is 6.82. The number of nitrogens with zero attached hydrogens (tertiary/aromatic N) is 7. The second-order valence-corrected chi connectivity index (χ2v) is 10.0. The van der Waals surface area contributed by atoms with Crippen LogP contribution < -0.4 is 5.32 Å². The third-order valence-electron chi connectivity index (χ3n) is 6.82. The predicted molar refractivity (Wildman–Crippen MR) is 133 cm³/mol. The fourth-order valence-corrected chi connectivity index (χ4v) is 5.01. The molecule has 0 saturated heterocycles. The Labute approximate surface area is 199 Å². The molecule has 4 aromatic rings. The topological polar surface area (TPSA) is 98.1 Å². The molecule has 5 rings (SSSR count). The average Bonchev–Trinajstić information content (AvgIpc) is 3.58. The van der Waals surface area contributed by atoms with E-state index in [9.17, 15) is 5.11 Å². The van der Waals surface area contributed by atoms with E-state index in [0.29, 0.717) is 17.8 Å². The number of anilines is 1. The molecular formula is C25H34N8O. The molecule has 2 N–H and O–H groups in total. The van der Waals surface area contributed by atoms with Crippen molar-refractivity contribution >= 4 is 11.3 Å². The van der Waals surface area contributed by atoms with Crippen molar-refractivity contribution in [3.8, 4) is 22.9 Å². The maximum Gasteiger partial charge on any atom is 0.218 e. The van der Waals surface area contributed by atoms with Crippen LogP contribution in [0.5, 0.6) is 0 Å². The molecule has 0 amide bonds. The van der Waals surface area contributed by atoms with Crippen LogP contribution in [-0.4, -0.2) is 51.7 Å². The Kier molecular flexibility index (Phi) is 5.89. The van der Waals surface area contributed by atoms with Gasteiger partial charge in [0.15, 0.2) is 11.6 Å². The van der Waals surface area contributed by atoms with Crippen LogP contribution in [0.3, 0.4) is 0 Å². The molecule has 4 heterocycles. The first-order valence-electron chi connectivity index (χ1n) is 12.2. The first-order chi connectivity index (χ1) is 16.4. The predicted octanol–water partition coefficient (Wildman–Crippen LogP) is 4.27. The molecule has 1 saturated carbocycles. The van der Waals surface area contributed by atoms with Crippen molar-refractivity contribution in [3.63, 3.8) is 0 Å². The summed E-state index contributed by atoms with van der Waals surface area (Å²) < 4.78 is 5.86. The van der Waals surface area contributed by atoms with E-state index in [0.717, 1.165) is 47.7 Å². The maximum absolute atomic E-state index is 9.63. The molecule has 34 heavy (non-hydrogen) atoms. The molecule has 4 aromatic heterocycles. The van der Waals surface area contributed by atoms with Gasteiger partial charge in [-0.2, -0.15) is 5.10 Å². The van der Waals surface area contributed by atoms with Gasteiger partial charge in [-0.15, -0.1) is 5.10 Å². The number of fused-ring (bicyclic) bond motifs is 1. The lowest BCUT2D eigenvalue weighted by molar-refractivity contribution is 0.229. The molecule has 2 atom stereocenters. The number of aliphatic hydroxyl groups excluding tert-OH is 1. The molecule has 0 aromatic carbocycles. The van der Waals surface area contributed by atoms with Gasteiger partial charge in [0.05, 0.1) is 5.69 Å². The number of aromatic nitrogens is 7. The Morgan fingerprint density at radius 1 is 1.15 bits per heavy atom. The summed E-state index contributed by atoms with van der Waals surface area (Å²) in [5.41, 5.74) is 4.17. The Hall–Kier alpha value is -3.20. The first-order valence-corrected chi connectivity index (χ1v) is 12.2. The largest absolute Gasteiger partial charge is 0.396 e. The molecule has 0 bridgehead atoms. The van der Waals surface area contributed by atoms with Crippen LogP contribution >= 0.6 is 0 Å². The number of aliphatic hydroxyl groups is 1. The summed E-state index contributed by atoms with van der Waals surface area (Å²) in [6.07, 6.45) is 10.7. The molecule has 9 nitrogen and oxygen atoms in total. The van der Waals surface area contributed by atoms with Crippen LogP contribution in [0.1, 0.15) is 64.5 Å². The Morgan fingerprint density at radius 2 is 1.97 bits per heavy atom. The zero-order chi connectivity index (χ0) is 24.0. The highest BCUT2D eigenvalue weighted by molar-refractivity contribution is 5.83. The van der Waals surface area contributed by atoms with Crippen LogP contribution in [0.4, 0.5) is 5.82 Å². The third kappa shape index (κ3) is 3.98. The fraction of sp³-hybridized carbons (Fsp3) is 0.520. The highest BCUT2D eigenvalue weighted by Crippen LogP contribution is 2.38. The molecule has 1 aliphatic rings. The fourth-order valence-electron chi connectivity index (χ4n) is 5.01. The minimum absolute atomic E-state index is 0.237. The van der Waals surface area contributed by atoms with E-state index in [1.54, 1.807) is 6.20 Å². The molecule has 1 fully saturated rings. The van der Waals surface area contributed by atoms with Gasteiger partial charge in [0.1, 0.15) is 5.52 Å². The lowest BCUT2D eigenvalue weighted by atomic mass is 9.98. The van der Waals surface area contributed by atoms with Crippen LogP contribution in [0, 0.1) is 5.92 Å². The van der Waals surface area contributed by atoms with Gasteiger partial charge in [-0.1, -0.05) is 13.8 Å². The van der Waals surface area contributed by atoms with E-state index in [1.807, 2.05) is 33.2 Å². The van der Waals surface area contributed by atoms with Crippen LogP contribution in [0.2, 0.25) is 0 Å². The number of hydrogen-bond donors (Lipinski definition) is 2. The van der Waals surface area contributed by atoms with Crippen molar-refractivity contribution in [1.29, 1.82) is 0 Å². The Morgan fingerprint density at radius 3 is 2.59 bits per heavy atom. The lowest BCUT2D eigenvalue weighted by Gasteiger charge is -2.17. The monoisotopic (exact) mass is 462 g/mol. The Bertz CT molecular complexity index is 1300. The zero-order valence-electron chi connectivity index (χ0n) is 20.6. The van der Waals surface area contributed by atoms with Gasteiger partial charge in [-0.25, -0.2) is 14.5 Å². The number of rotatable bonds is 7. The molecule has 1 aliphatic carbocycles. The smallest absolute Gasteiger partial charge is 0.218 e. The first kappa shape index (κ1) is 22.6. The summed E-state index contributed by atoms with van der Waals surface area (Å²) in [7, 11) is 1.95. The van der Waals surface area contributed by atoms with Crippen molar-refractivity contribution in [3.05, 3.63) is 36.4 Å². The summed E-state index contributed by atoms with van der Waals surface area (Å²) in [5, 5.41) is 23.1. The number of nitrogens with one attached hydrogen (secondary N) is 1. The summed E-state index contributed by atoms with van der Waals surface area (Å²) >= 11 is 0. The van der Waals surface area contributed by atoms with Crippen LogP contribution in [0.15, 0.2) is 30.9 Å². The van der Waals surface area contributed by atoms with Gasteiger partial charge in [-0.3, -0.25) is 4.68 Å². The number of aryl methyl sites for hydroxylation is 1. The van der Waals surface area contributed by atoms with Crippen molar-refractivity contribution in [2.75, 3.05) is 11.9 Å². The van der Waals surface area contributed by atoms with E-state index in [4.69, 9.17) is 15.2 Å². The number of imidazole rings is 1. The Balaban J connectivity index is 1.69. The van der Waals surface area contributed by atoms with Gasteiger partial charge in [0, 0.05) is 56.1 Å².